The van der Waals surface area contributed by atoms with Gasteiger partial charge in [0.2, 0.25) is 0 Å². The van der Waals surface area contributed by atoms with Gasteiger partial charge in [0.05, 0.1) is 0 Å². The normalized spacial score (nSPS) is 19.5. The summed E-state index contributed by atoms with van der Waals surface area (Å²) in [5, 5.41) is 0. The van der Waals surface area contributed by atoms with Gasteiger partial charge in [0, 0.05) is 18.8 Å². The van der Waals surface area contributed by atoms with Crippen LogP contribution >= 0.6 is 0 Å². The summed E-state index contributed by atoms with van der Waals surface area (Å²) in [6.07, 6.45) is 3.82. The van der Waals surface area contributed by atoms with Gasteiger partial charge in [0.1, 0.15) is 0 Å². The second-order valence-corrected chi connectivity index (χ2v) is 4.49. The SMILES string of the molecule is C=C(CC)N1CCC(C(C)C)CC1. The maximum atomic E-state index is 4.09. The summed E-state index contributed by atoms with van der Waals surface area (Å²) >= 11 is 0. The maximum Gasteiger partial charge on any atom is 0.0177 e. The molecule has 13 heavy (non-hydrogen) atoms. The van der Waals surface area contributed by atoms with Crippen molar-refractivity contribution in [3.8, 4) is 0 Å². The molecule has 1 aliphatic rings. The standard InChI is InChI=1S/C12H23N/c1-5-11(4)13-8-6-12(7-9-13)10(2)3/h10,12H,4-9H2,1-3H3. The van der Waals surface area contributed by atoms with Crippen LogP contribution in [0.1, 0.15) is 40.0 Å². The maximum absolute atomic E-state index is 4.09. The predicted octanol–water partition coefficient (Wildman–Crippen LogP) is 3.28. The zero-order chi connectivity index (χ0) is 9.84. The van der Waals surface area contributed by atoms with E-state index in [1.165, 1.54) is 31.6 Å². The van der Waals surface area contributed by atoms with Gasteiger partial charge in [-0.25, -0.2) is 0 Å². The van der Waals surface area contributed by atoms with E-state index in [2.05, 4.69) is 32.3 Å². The lowest BCUT2D eigenvalue weighted by Crippen LogP contribution is -2.34. The fourth-order valence-corrected chi connectivity index (χ4v) is 2.11. The number of likely N-dealkylation sites (tertiary alicyclic amines) is 1. The summed E-state index contributed by atoms with van der Waals surface area (Å²) < 4.78 is 0. The largest absolute Gasteiger partial charge is 0.375 e. The molecule has 1 heteroatoms. The van der Waals surface area contributed by atoms with Crippen molar-refractivity contribution >= 4 is 0 Å². The van der Waals surface area contributed by atoms with Crippen LogP contribution in [0, 0.1) is 11.8 Å². The number of piperidine rings is 1. The lowest BCUT2D eigenvalue weighted by atomic mass is 9.86. The quantitative estimate of drug-likeness (QED) is 0.646. The number of hydrogen-bond acceptors (Lipinski definition) is 1. The molecule has 0 atom stereocenters. The zero-order valence-corrected chi connectivity index (χ0v) is 9.34. The second kappa shape index (κ2) is 4.69. The minimum atomic E-state index is 0.858. The Labute approximate surface area is 82.8 Å². The van der Waals surface area contributed by atoms with Crippen molar-refractivity contribution in [1.29, 1.82) is 0 Å². The van der Waals surface area contributed by atoms with Crippen LogP contribution < -0.4 is 0 Å². The summed E-state index contributed by atoms with van der Waals surface area (Å²) in [5.41, 5.74) is 1.32. The molecule has 0 aromatic carbocycles. The fraction of sp³-hybridized carbons (Fsp3) is 0.833. The van der Waals surface area contributed by atoms with Crippen LogP contribution in [0.2, 0.25) is 0 Å². The molecule has 0 aliphatic carbocycles. The van der Waals surface area contributed by atoms with Crippen molar-refractivity contribution in [2.45, 2.75) is 40.0 Å². The lowest BCUT2D eigenvalue weighted by molar-refractivity contribution is 0.188. The Balaban J connectivity index is 2.34. The summed E-state index contributed by atoms with van der Waals surface area (Å²) in [6.45, 7) is 13.4. The molecule has 1 nitrogen and oxygen atoms in total. The minimum absolute atomic E-state index is 0.858. The van der Waals surface area contributed by atoms with Crippen molar-refractivity contribution in [2.24, 2.45) is 11.8 Å². The molecule has 0 spiro atoms. The molecule has 1 rings (SSSR count). The summed E-state index contributed by atoms with van der Waals surface area (Å²) in [7, 11) is 0. The highest BCUT2D eigenvalue weighted by atomic mass is 15.1. The van der Waals surface area contributed by atoms with Crippen molar-refractivity contribution in [3.05, 3.63) is 12.3 Å². The number of nitrogens with zero attached hydrogens (tertiary/aromatic N) is 1. The summed E-state index contributed by atoms with van der Waals surface area (Å²) in [5.74, 6) is 1.80. The van der Waals surface area contributed by atoms with E-state index < -0.39 is 0 Å². The average molecular weight is 181 g/mol. The van der Waals surface area contributed by atoms with Crippen LogP contribution in [0.3, 0.4) is 0 Å². The lowest BCUT2D eigenvalue weighted by Gasteiger charge is -2.36. The highest BCUT2D eigenvalue weighted by Gasteiger charge is 2.21. The van der Waals surface area contributed by atoms with Crippen LogP contribution in [-0.2, 0) is 0 Å². The molecule has 0 amide bonds. The van der Waals surface area contributed by atoms with E-state index in [1.54, 1.807) is 0 Å². The van der Waals surface area contributed by atoms with E-state index in [-0.39, 0.29) is 0 Å². The van der Waals surface area contributed by atoms with Gasteiger partial charge in [0.15, 0.2) is 0 Å². The first-order chi connectivity index (χ1) is 6.15. The highest BCUT2D eigenvalue weighted by molar-refractivity contribution is 4.94. The smallest absolute Gasteiger partial charge is 0.0177 e. The first-order valence-electron chi connectivity index (χ1n) is 5.57. The average Bonchev–Trinajstić information content (AvgIpc) is 2.17. The van der Waals surface area contributed by atoms with E-state index in [0.717, 1.165) is 18.3 Å². The topological polar surface area (TPSA) is 3.24 Å². The molecule has 0 N–H and O–H groups in total. The highest BCUT2D eigenvalue weighted by Crippen LogP contribution is 2.26. The van der Waals surface area contributed by atoms with Gasteiger partial charge < -0.3 is 4.90 Å². The molecule has 0 saturated carbocycles. The van der Waals surface area contributed by atoms with Gasteiger partial charge in [0.25, 0.3) is 0 Å². The first-order valence-corrected chi connectivity index (χ1v) is 5.57. The van der Waals surface area contributed by atoms with E-state index in [9.17, 15) is 0 Å². The number of allylic oxidation sites excluding steroid dienone is 1. The Morgan fingerprint density at radius 2 is 1.92 bits per heavy atom. The Morgan fingerprint density at radius 3 is 2.31 bits per heavy atom. The van der Waals surface area contributed by atoms with Crippen LogP contribution in [0.25, 0.3) is 0 Å². The van der Waals surface area contributed by atoms with E-state index >= 15 is 0 Å². The molecule has 0 aromatic heterocycles. The third-order valence-electron chi connectivity index (χ3n) is 3.34. The third kappa shape index (κ3) is 2.75. The van der Waals surface area contributed by atoms with Gasteiger partial charge in [-0.3, -0.25) is 0 Å². The molecular formula is C12H23N. The van der Waals surface area contributed by atoms with Crippen LogP contribution in [0.5, 0.6) is 0 Å². The minimum Gasteiger partial charge on any atom is -0.375 e. The Bertz CT molecular complexity index is 164. The molecule has 76 valence electrons. The second-order valence-electron chi connectivity index (χ2n) is 4.49. The Kier molecular flexibility index (Phi) is 3.83. The predicted molar refractivity (Wildman–Crippen MR) is 58.6 cm³/mol. The molecule has 1 aliphatic heterocycles. The molecular weight excluding hydrogens is 158 g/mol. The van der Waals surface area contributed by atoms with Gasteiger partial charge in [-0.1, -0.05) is 27.4 Å². The number of rotatable bonds is 3. The van der Waals surface area contributed by atoms with Crippen LogP contribution in [-0.4, -0.2) is 18.0 Å². The third-order valence-corrected chi connectivity index (χ3v) is 3.34. The molecule has 0 unspecified atom stereocenters. The van der Waals surface area contributed by atoms with Crippen LogP contribution in [0.15, 0.2) is 12.3 Å². The monoisotopic (exact) mass is 181 g/mol. The van der Waals surface area contributed by atoms with Gasteiger partial charge in [-0.15, -0.1) is 0 Å². The van der Waals surface area contributed by atoms with Gasteiger partial charge in [-0.05, 0) is 31.1 Å². The van der Waals surface area contributed by atoms with Gasteiger partial charge >= 0.3 is 0 Å². The zero-order valence-electron chi connectivity index (χ0n) is 9.34. The number of hydrogen-bond donors (Lipinski definition) is 0. The molecule has 0 bridgehead atoms. The van der Waals surface area contributed by atoms with Crippen molar-refractivity contribution < 1.29 is 0 Å². The summed E-state index contributed by atoms with van der Waals surface area (Å²) in [6, 6.07) is 0. The van der Waals surface area contributed by atoms with Crippen molar-refractivity contribution in [3.63, 3.8) is 0 Å². The van der Waals surface area contributed by atoms with Crippen LogP contribution in [0.4, 0.5) is 0 Å². The van der Waals surface area contributed by atoms with Crippen molar-refractivity contribution in [1.82, 2.24) is 4.90 Å². The molecule has 1 heterocycles. The van der Waals surface area contributed by atoms with E-state index in [1.807, 2.05) is 0 Å². The summed E-state index contributed by atoms with van der Waals surface area (Å²) in [4.78, 5) is 2.46. The Hall–Kier alpha value is -0.460. The molecule has 1 saturated heterocycles. The first kappa shape index (κ1) is 10.6. The molecule has 0 aromatic rings. The van der Waals surface area contributed by atoms with Crippen molar-refractivity contribution in [2.75, 3.05) is 13.1 Å². The molecule has 0 radical (unpaired) electrons. The van der Waals surface area contributed by atoms with E-state index in [0.29, 0.717) is 0 Å². The van der Waals surface area contributed by atoms with E-state index in [4.69, 9.17) is 0 Å². The fourth-order valence-electron chi connectivity index (χ4n) is 2.11. The van der Waals surface area contributed by atoms with Gasteiger partial charge in [-0.2, -0.15) is 0 Å². The Morgan fingerprint density at radius 1 is 1.38 bits per heavy atom. The molecule has 1 fully saturated rings.